The molecule has 29 heavy (non-hydrogen) atoms. The highest BCUT2D eigenvalue weighted by atomic mass is 32.2. The van der Waals surface area contributed by atoms with E-state index in [1.807, 2.05) is 54.6 Å². The molecule has 6 heteroatoms. The van der Waals surface area contributed by atoms with E-state index in [2.05, 4.69) is 5.32 Å². The molecule has 0 fully saturated rings. The summed E-state index contributed by atoms with van der Waals surface area (Å²) in [5, 5.41) is 2.91. The van der Waals surface area contributed by atoms with E-state index in [0.29, 0.717) is 13.0 Å². The molecule has 0 bridgehead atoms. The van der Waals surface area contributed by atoms with E-state index in [4.69, 9.17) is 0 Å². The van der Waals surface area contributed by atoms with Gasteiger partial charge in [-0.05, 0) is 35.2 Å². The van der Waals surface area contributed by atoms with Crippen LogP contribution < -0.4 is 5.32 Å². The number of carbonyl (C=O) groups is 1. The third-order valence-electron chi connectivity index (χ3n) is 5.17. The summed E-state index contributed by atoms with van der Waals surface area (Å²) in [5.74, 6) is -0.289. The fraction of sp³-hybridized carbons (Fsp3) is 0.174. The Kier molecular flexibility index (Phi) is 5.47. The molecule has 0 saturated heterocycles. The van der Waals surface area contributed by atoms with Crippen molar-refractivity contribution in [1.29, 1.82) is 0 Å². The van der Waals surface area contributed by atoms with Crippen molar-refractivity contribution in [3.63, 3.8) is 0 Å². The molecule has 3 aromatic carbocycles. The summed E-state index contributed by atoms with van der Waals surface area (Å²) in [4.78, 5) is 13.2. The first-order chi connectivity index (χ1) is 14.1. The number of fused-ring (bicyclic) bond motifs is 1. The van der Waals surface area contributed by atoms with Crippen LogP contribution in [0.3, 0.4) is 0 Å². The number of hydrogen-bond acceptors (Lipinski definition) is 3. The molecular formula is C23H22N2O3S. The van der Waals surface area contributed by atoms with Gasteiger partial charge >= 0.3 is 0 Å². The Morgan fingerprint density at radius 3 is 2.14 bits per heavy atom. The fourth-order valence-electron chi connectivity index (χ4n) is 3.61. The first kappa shape index (κ1) is 19.4. The number of hydrogen-bond donors (Lipinski definition) is 1. The van der Waals surface area contributed by atoms with Crippen molar-refractivity contribution in [2.45, 2.75) is 30.4 Å². The number of nitrogens with zero attached hydrogens (tertiary/aromatic N) is 1. The van der Waals surface area contributed by atoms with Crippen molar-refractivity contribution in [2.24, 2.45) is 0 Å². The predicted octanol–water partition coefficient (Wildman–Crippen LogP) is 3.12. The fourth-order valence-corrected chi connectivity index (χ4v) is 5.19. The zero-order valence-corrected chi connectivity index (χ0v) is 16.7. The summed E-state index contributed by atoms with van der Waals surface area (Å²) in [5.41, 5.74) is 2.90. The summed E-state index contributed by atoms with van der Waals surface area (Å²) in [6, 6.07) is 24.7. The smallest absolute Gasteiger partial charge is 0.244 e. The van der Waals surface area contributed by atoms with Crippen molar-refractivity contribution < 1.29 is 13.2 Å². The molecule has 0 radical (unpaired) electrons. The Morgan fingerprint density at radius 2 is 1.45 bits per heavy atom. The average molecular weight is 407 g/mol. The normalized spacial score (nSPS) is 16.8. The van der Waals surface area contributed by atoms with E-state index in [1.54, 1.807) is 30.3 Å². The molecule has 1 heterocycles. The highest BCUT2D eigenvalue weighted by Gasteiger charge is 2.39. The Hall–Kier alpha value is -2.96. The van der Waals surface area contributed by atoms with E-state index in [-0.39, 0.29) is 17.3 Å². The van der Waals surface area contributed by atoms with Crippen molar-refractivity contribution in [1.82, 2.24) is 9.62 Å². The molecule has 0 aromatic heterocycles. The molecule has 0 spiro atoms. The van der Waals surface area contributed by atoms with Gasteiger partial charge in [0.15, 0.2) is 0 Å². The lowest BCUT2D eigenvalue weighted by molar-refractivity contribution is -0.125. The molecule has 1 aliphatic heterocycles. The molecule has 1 N–H and O–H groups in total. The Labute approximate surface area is 171 Å². The second-order valence-electron chi connectivity index (χ2n) is 7.06. The Balaban J connectivity index is 1.64. The Bertz CT molecular complexity index is 1100. The van der Waals surface area contributed by atoms with Crippen LogP contribution in [-0.2, 0) is 34.3 Å². The summed E-state index contributed by atoms with van der Waals surface area (Å²) in [6.45, 7) is 0.536. The van der Waals surface area contributed by atoms with Gasteiger partial charge in [-0.25, -0.2) is 8.42 Å². The second kappa shape index (κ2) is 8.19. The van der Waals surface area contributed by atoms with Gasteiger partial charge in [-0.1, -0.05) is 72.8 Å². The van der Waals surface area contributed by atoms with Gasteiger partial charge < -0.3 is 5.32 Å². The van der Waals surface area contributed by atoms with E-state index in [1.165, 1.54) is 4.31 Å². The quantitative estimate of drug-likeness (QED) is 0.708. The third kappa shape index (κ3) is 4.09. The minimum absolute atomic E-state index is 0.177. The van der Waals surface area contributed by atoms with Gasteiger partial charge in [0.2, 0.25) is 15.9 Å². The first-order valence-corrected chi connectivity index (χ1v) is 10.9. The Morgan fingerprint density at radius 1 is 0.862 bits per heavy atom. The monoisotopic (exact) mass is 406 g/mol. The molecule has 5 nitrogen and oxygen atoms in total. The highest BCUT2D eigenvalue weighted by Crippen LogP contribution is 2.29. The summed E-state index contributed by atoms with van der Waals surface area (Å²) in [7, 11) is -3.81. The van der Waals surface area contributed by atoms with Gasteiger partial charge in [0, 0.05) is 13.1 Å². The lowest BCUT2D eigenvalue weighted by Crippen LogP contribution is -2.52. The van der Waals surface area contributed by atoms with Gasteiger partial charge in [0.1, 0.15) is 6.04 Å². The number of sulfonamides is 1. The lowest BCUT2D eigenvalue weighted by Gasteiger charge is -2.35. The largest absolute Gasteiger partial charge is 0.351 e. The van der Waals surface area contributed by atoms with Gasteiger partial charge in [0.05, 0.1) is 4.90 Å². The maximum Gasteiger partial charge on any atom is 0.244 e. The lowest BCUT2D eigenvalue weighted by atomic mass is 9.95. The molecule has 1 unspecified atom stereocenters. The zero-order valence-electron chi connectivity index (χ0n) is 15.9. The van der Waals surface area contributed by atoms with E-state index >= 15 is 0 Å². The number of rotatable bonds is 5. The molecule has 0 aliphatic carbocycles. The van der Waals surface area contributed by atoms with Crippen molar-refractivity contribution in [3.8, 4) is 0 Å². The standard InChI is InChI=1S/C23H22N2O3S/c26-23(24-16-18-9-3-1-4-10-18)22-15-19-11-7-8-12-20(19)17-25(22)29(27,28)21-13-5-2-6-14-21/h1-14,22H,15-17H2,(H,24,26). The van der Waals surface area contributed by atoms with Crippen LogP contribution in [0.1, 0.15) is 16.7 Å². The molecule has 0 saturated carbocycles. The molecular weight excluding hydrogens is 384 g/mol. The van der Waals surface area contributed by atoms with Gasteiger partial charge in [-0.15, -0.1) is 0 Å². The summed E-state index contributed by atoms with van der Waals surface area (Å²) in [6.07, 6.45) is 0.350. The molecule has 148 valence electrons. The van der Waals surface area contributed by atoms with Gasteiger partial charge in [-0.3, -0.25) is 4.79 Å². The minimum Gasteiger partial charge on any atom is -0.351 e. The van der Waals surface area contributed by atoms with E-state index < -0.39 is 16.1 Å². The van der Waals surface area contributed by atoms with E-state index in [0.717, 1.165) is 16.7 Å². The molecule has 1 atom stereocenters. The van der Waals surface area contributed by atoms with Crippen LogP contribution >= 0.6 is 0 Å². The molecule has 3 aromatic rings. The molecule has 1 amide bonds. The second-order valence-corrected chi connectivity index (χ2v) is 8.95. The van der Waals surface area contributed by atoms with Crippen LogP contribution in [0.5, 0.6) is 0 Å². The van der Waals surface area contributed by atoms with Crippen molar-refractivity contribution in [3.05, 3.63) is 102 Å². The minimum atomic E-state index is -3.81. The summed E-state index contributed by atoms with van der Waals surface area (Å²) < 4.78 is 28.0. The van der Waals surface area contributed by atoms with Crippen LogP contribution in [-0.4, -0.2) is 24.7 Å². The number of carbonyl (C=O) groups excluding carboxylic acids is 1. The number of amides is 1. The predicted molar refractivity (Wildman–Crippen MR) is 111 cm³/mol. The molecule has 4 rings (SSSR count). The maximum absolute atomic E-state index is 13.3. The van der Waals surface area contributed by atoms with Crippen LogP contribution in [0.25, 0.3) is 0 Å². The van der Waals surface area contributed by atoms with Crippen molar-refractivity contribution >= 4 is 15.9 Å². The summed E-state index contributed by atoms with van der Waals surface area (Å²) >= 11 is 0. The average Bonchev–Trinajstić information content (AvgIpc) is 2.78. The van der Waals surface area contributed by atoms with Gasteiger partial charge in [0.25, 0.3) is 0 Å². The third-order valence-corrected chi connectivity index (χ3v) is 7.04. The van der Waals surface area contributed by atoms with Crippen LogP contribution in [0.4, 0.5) is 0 Å². The number of benzene rings is 3. The van der Waals surface area contributed by atoms with Crippen LogP contribution in [0, 0.1) is 0 Å². The molecule has 1 aliphatic rings. The topological polar surface area (TPSA) is 66.5 Å². The highest BCUT2D eigenvalue weighted by molar-refractivity contribution is 7.89. The van der Waals surface area contributed by atoms with Crippen molar-refractivity contribution in [2.75, 3.05) is 0 Å². The van der Waals surface area contributed by atoms with Crippen LogP contribution in [0.2, 0.25) is 0 Å². The zero-order chi connectivity index (χ0) is 20.3. The van der Waals surface area contributed by atoms with Gasteiger partial charge in [-0.2, -0.15) is 4.31 Å². The van der Waals surface area contributed by atoms with Crippen LogP contribution in [0.15, 0.2) is 89.8 Å². The maximum atomic E-state index is 13.3. The SMILES string of the molecule is O=C(NCc1ccccc1)C1Cc2ccccc2CN1S(=O)(=O)c1ccccc1. The number of nitrogens with one attached hydrogen (secondary N) is 1. The van der Waals surface area contributed by atoms with E-state index in [9.17, 15) is 13.2 Å². The first-order valence-electron chi connectivity index (χ1n) is 9.51.